The Morgan fingerprint density at radius 2 is 1.70 bits per heavy atom. The zero-order valence-corrected chi connectivity index (χ0v) is 14.1. The summed E-state index contributed by atoms with van der Waals surface area (Å²) in [6, 6.07) is 1.55. The van der Waals surface area contributed by atoms with Gasteiger partial charge in [-0.25, -0.2) is 0 Å². The molecule has 0 aromatic carbocycles. The Kier molecular flexibility index (Phi) is 6.31. The maximum Gasteiger partial charge on any atom is 0.0244 e. The van der Waals surface area contributed by atoms with E-state index in [0.29, 0.717) is 6.04 Å². The van der Waals surface area contributed by atoms with Crippen molar-refractivity contribution in [1.29, 1.82) is 0 Å². The number of rotatable bonds is 7. The fraction of sp³-hybridized carbons (Fsp3) is 1.00. The van der Waals surface area contributed by atoms with E-state index < -0.39 is 0 Å². The average Bonchev–Trinajstić information content (AvgIpc) is 3.03. The first-order chi connectivity index (χ1) is 9.58. The van der Waals surface area contributed by atoms with Gasteiger partial charge in [-0.15, -0.1) is 0 Å². The summed E-state index contributed by atoms with van der Waals surface area (Å²) in [7, 11) is 0. The van der Waals surface area contributed by atoms with E-state index in [1.54, 1.807) is 0 Å². The lowest BCUT2D eigenvalue weighted by Gasteiger charge is -2.32. The van der Waals surface area contributed by atoms with Crippen molar-refractivity contribution in [3.63, 3.8) is 0 Å². The maximum absolute atomic E-state index is 3.67. The van der Waals surface area contributed by atoms with Crippen LogP contribution in [0.15, 0.2) is 0 Å². The molecule has 2 saturated heterocycles. The summed E-state index contributed by atoms with van der Waals surface area (Å²) < 4.78 is 0. The zero-order valence-electron chi connectivity index (χ0n) is 14.1. The maximum atomic E-state index is 3.67. The van der Waals surface area contributed by atoms with E-state index in [2.05, 4.69) is 42.8 Å². The Morgan fingerprint density at radius 3 is 2.30 bits per heavy atom. The lowest BCUT2D eigenvalue weighted by molar-refractivity contribution is 0.163. The molecule has 118 valence electrons. The first-order valence-corrected chi connectivity index (χ1v) is 8.76. The van der Waals surface area contributed by atoms with Gasteiger partial charge in [-0.05, 0) is 50.7 Å². The van der Waals surface area contributed by atoms with Gasteiger partial charge in [-0.1, -0.05) is 27.7 Å². The summed E-state index contributed by atoms with van der Waals surface area (Å²) in [6.45, 7) is 16.9. The van der Waals surface area contributed by atoms with Crippen LogP contribution in [0.5, 0.6) is 0 Å². The molecule has 3 nitrogen and oxygen atoms in total. The molecular formula is C17H35N3. The zero-order chi connectivity index (χ0) is 14.5. The van der Waals surface area contributed by atoms with Gasteiger partial charge < -0.3 is 5.32 Å². The van der Waals surface area contributed by atoms with Gasteiger partial charge in [0, 0.05) is 31.7 Å². The van der Waals surface area contributed by atoms with Crippen LogP contribution in [0.2, 0.25) is 0 Å². The van der Waals surface area contributed by atoms with E-state index in [1.807, 2.05) is 0 Å². The van der Waals surface area contributed by atoms with Crippen LogP contribution in [0.4, 0.5) is 0 Å². The molecule has 2 atom stereocenters. The average molecular weight is 281 g/mol. The van der Waals surface area contributed by atoms with Gasteiger partial charge in [-0.3, -0.25) is 9.80 Å². The Bertz CT molecular complexity index is 271. The van der Waals surface area contributed by atoms with Gasteiger partial charge in [0.05, 0.1) is 0 Å². The molecule has 0 spiro atoms. The van der Waals surface area contributed by atoms with E-state index >= 15 is 0 Å². The highest BCUT2D eigenvalue weighted by Crippen LogP contribution is 2.24. The van der Waals surface area contributed by atoms with Crippen molar-refractivity contribution >= 4 is 0 Å². The molecule has 0 aromatic rings. The van der Waals surface area contributed by atoms with Crippen LogP contribution in [0.3, 0.4) is 0 Å². The Balaban J connectivity index is 1.80. The molecule has 2 heterocycles. The highest BCUT2D eigenvalue weighted by Gasteiger charge is 2.33. The molecule has 0 aliphatic carbocycles. The van der Waals surface area contributed by atoms with E-state index in [9.17, 15) is 0 Å². The monoisotopic (exact) mass is 281 g/mol. The van der Waals surface area contributed by atoms with Crippen molar-refractivity contribution in [3.8, 4) is 0 Å². The van der Waals surface area contributed by atoms with Gasteiger partial charge >= 0.3 is 0 Å². The fourth-order valence-corrected chi connectivity index (χ4v) is 3.78. The molecule has 2 fully saturated rings. The molecule has 2 rings (SSSR count). The first-order valence-electron chi connectivity index (χ1n) is 8.76. The van der Waals surface area contributed by atoms with Crippen LogP contribution < -0.4 is 5.32 Å². The summed E-state index contributed by atoms with van der Waals surface area (Å²) in [5, 5.41) is 3.67. The van der Waals surface area contributed by atoms with E-state index in [0.717, 1.165) is 31.0 Å². The highest BCUT2D eigenvalue weighted by atomic mass is 15.3. The van der Waals surface area contributed by atoms with Crippen LogP contribution in [0, 0.1) is 11.8 Å². The van der Waals surface area contributed by atoms with Gasteiger partial charge in [0.2, 0.25) is 0 Å². The Morgan fingerprint density at radius 1 is 1.00 bits per heavy atom. The summed E-state index contributed by atoms with van der Waals surface area (Å²) in [4.78, 5) is 5.49. The van der Waals surface area contributed by atoms with E-state index in [-0.39, 0.29) is 0 Å². The molecule has 0 radical (unpaired) electrons. The predicted molar refractivity (Wildman–Crippen MR) is 87.1 cm³/mol. The molecule has 2 aliphatic heterocycles. The summed E-state index contributed by atoms with van der Waals surface area (Å²) in [6.07, 6.45) is 4.22. The van der Waals surface area contributed by atoms with Crippen LogP contribution >= 0.6 is 0 Å². The Labute approximate surface area is 126 Å². The van der Waals surface area contributed by atoms with Gasteiger partial charge in [-0.2, -0.15) is 0 Å². The molecule has 0 amide bonds. The van der Waals surface area contributed by atoms with Crippen molar-refractivity contribution in [2.75, 3.05) is 39.3 Å². The van der Waals surface area contributed by atoms with Crippen molar-refractivity contribution < 1.29 is 0 Å². The molecule has 0 bridgehead atoms. The number of nitrogens with one attached hydrogen (secondary N) is 1. The van der Waals surface area contributed by atoms with E-state index in [1.165, 1.54) is 45.4 Å². The third-order valence-electron chi connectivity index (χ3n) is 5.00. The minimum absolute atomic E-state index is 0.710. The first kappa shape index (κ1) is 16.3. The molecule has 3 heteroatoms. The largest absolute Gasteiger partial charge is 0.315 e. The molecule has 2 aliphatic rings. The number of hydrogen-bond donors (Lipinski definition) is 1. The number of likely N-dealkylation sites (tertiary alicyclic amines) is 2. The van der Waals surface area contributed by atoms with Gasteiger partial charge in [0.25, 0.3) is 0 Å². The highest BCUT2D eigenvalue weighted by molar-refractivity contribution is 4.90. The number of nitrogens with zero attached hydrogens (tertiary/aromatic N) is 2. The van der Waals surface area contributed by atoms with Crippen molar-refractivity contribution in [2.45, 2.75) is 59.0 Å². The molecule has 0 saturated carbocycles. The normalized spacial score (nSPS) is 27.0. The summed E-state index contributed by atoms with van der Waals surface area (Å²) >= 11 is 0. The lowest BCUT2D eigenvalue weighted by atomic mass is 10.0. The Hall–Kier alpha value is -0.120. The predicted octanol–water partition coefficient (Wildman–Crippen LogP) is 2.43. The topological polar surface area (TPSA) is 18.5 Å². The third-order valence-corrected chi connectivity index (χ3v) is 5.00. The SMILES string of the molecule is CC(C)CNCC(C(C)C)N1CCC(N2CCCC2)C1. The quantitative estimate of drug-likeness (QED) is 0.773. The van der Waals surface area contributed by atoms with Crippen molar-refractivity contribution in [3.05, 3.63) is 0 Å². The van der Waals surface area contributed by atoms with Gasteiger partial charge in [0.1, 0.15) is 0 Å². The smallest absolute Gasteiger partial charge is 0.0244 e. The second kappa shape index (κ2) is 7.77. The van der Waals surface area contributed by atoms with Crippen LogP contribution in [0.1, 0.15) is 47.0 Å². The fourth-order valence-electron chi connectivity index (χ4n) is 3.78. The molecule has 20 heavy (non-hydrogen) atoms. The third kappa shape index (κ3) is 4.44. The summed E-state index contributed by atoms with van der Waals surface area (Å²) in [5.74, 6) is 1.49. The molecular weight excluding hydrogens is 246 g/mol. The molecule has 1 N–H and O–H groups in total. The minimum Gasteiger partial charge on any atom is -0.315 e. The van der Waals surface area contributed by atoms with Crippen molar-refractivity contribution in [2.24, 2.45) is 11.8 Å². The van der Waals surface area contributed by atoms with Crippen LogP contribution in [-0.4, -0.2) is 61.2 Å². The van der Waals surface area contributed by atoms with Crippen LogP contribution in [0.25, 0.3) is 0 Å². The standard InChI is InChI=1S/C17H35N3/c1-14(2)11-18-12-17(15(3)4)20-10-7-16(13-20)19-8-5-6-9-19/h14-18H,5-13H2,1-4H3. The van der Waals surface area contributed by atoms with E-state index in [4.69, 9.17) is 0 Å². The number of hydrogen-bond acceptors (Lipinski definition) is 3. The van der Waals surface area contributed by atoms with Crippen molar-refractivity contribution in [1.82, 2.24) is 15.1 Å². The minimum atomic E-state index is 0.710. The molecule has 2 unspecified atom stereocenters. The second-order valence-electron chi connectivity index (χ2n) is 7.54. The van der Waals surface area contributed by atoms with Gasteiger partial charge in [0.15, 0.2) is 0 Å². The van der Waals surface area contributed by atoms with Crippen LogP contribution in [-0.2, 0) is 0 Å². The second-order valence-corrected chi connectivity index (χ2v) is 7.54. The lowest BCUT2D eigenvalue weighted by Crippen LogP contribution is -2.46. The molecule has 0 aromatic heterocycles. The summed E-state index contributed by atoms with van der Waals surface area (Å²) in [5.41, 5.74) is 0.